The molecule has 0 bridgehead atoms. The van der Waals surface area contributed by atoms with Gasteiger partial charge in [0.1, 0.15) is 17.3 Å². The normalized spacial score (nSPS) is 10.5. The molecule has 0 aliphatic carbocycles. The van der Waals surface area contributed by atoms with Crippen molar-refractivity contribution in [3.8, 4) is 17.4 Å². The highest BCUT2D eigenvalue weighted by Crippen LogP contribution is 2.21. The molecule has 0 radical (unpaired) electrons. The highest BCUT2D eigenvalue weighted by molar-refractivity contribution is 6.04. The van der Waals surface area contributed by atoms with E-state index in [9.17, 15) is 18.0 Å². The van der Waals surface area contributed by atoms with Gasteiger partial charge in [-0.2, -0.15) is 8.78 Å². The van der Waals surface area contributed by atoms with Crippen LogP contribution in [0.5, 0.6) is 17.4 Å². The Morgan fingerprint density at radius 1 is 1.00 bits per heavy atom. The van der Waals surface area contributed by atoms with Crippen LogP contribution in [0.3, 0.4) is 0 Å². The van der Waals surface area contributed by atoms with E-state index >= 15 is 0 Å². The number of amides is 1. The number of ether oxygens (including phenoxy) is 2. The molecule has 0 aliphatic heterocycles. The lowest BCUT2D eigenvalue weighted by Gasteiger charge is -2.09. The van der Waals surface area contributed by atoms with Crippen LogP contribution < -0.4 is 14.8 Å². The summed E-state index contributed by atoms with van der Waals surface area (Å²) >= 11 is 0. The average Bonchev–Trinajstić information content (AvgIpc) is 2.65. The lowest BCUT2D eigenvalue weighted by molar-refractivity contribution is -0.0498. The number of hydrogen-bond donors (Lipinski definition) is 1. The van der Waals surface area contributed by atoms with Gasteiger partial charge in [-0.1, -0.05) is 6.07 Å². The van der Waals surface area contributed by atoms with Crippen molar-refractivity contribution in [2.75, 3.05) is 5.32 Å². The van der Waals surface area contributed by atoms with E-state index in [-0.39, 0.29) is 23.0 Å². The van der Waals surface area contributed by atoms with E-state index in [4.69, 9.17) is 4.74 Å². The van der Waals surface area contributed by atoms with E-state index in [0.29, 0.717) is 11.4 Å². The average molecular weight is 374 g/mol. The van der Waals surface area contributed by atoms with E-state index in [1.54, 1.807) is 6.07 Å². The summed E-state index contributed by atoms with van der Waals surface area (Å²) in [5, 5.41) is 2.59. The van der Waals surface area contributed by atoms with Gasteiger partial charge in [0.15, 0.2) is 0 Å². The molecule has 1 N–H and O–H groups in total. The van der Waals surface area contributed by atoms with Crippen LogP contribution in [0.4, 0.5) is 18.9 Å². The number of alkyl halides is 2. The molecule has 0 saturated heterocycles. The number of carbonyl (C=O) groups excluding carboxylic acids is 1. The second kappa shape index (κ2) is 8.22. The first-order chi connectivity index (χ1) is 13.0. The number of nitrogens with one attached hydrogen (secondary N) is 1. The van der Waals surface area contributed by atoms with E-state index in [2.05, 4.69) is 15.0 Å². The van der Waals surface area contributed by atoms with Crippen LogP contribution in [0.2, 0.25) is 0 Å². The molecule has 2 aromatic carbocycles. The van der Waals surface area contributed by atoms with Crippen LogP contribution >= 0.6 is 0 Å². The van der Waals surface area contributed by atoms with Gasteiger partial charge in [-0.3, -0.25) is 4.79 Å². The molecule has 1 aromatic heterocycles. The van der Waals surface area contributed by atoms with Gasteiger partial charge in [-0.05, 0) is 48.5 Å². The van der Waals surface area contributed by atoms with Gasteiger partial charge in [0.05, 0.1) is 11.9 Å². The molecule has 0 atom stereocenters. The summed E-state index contributed by atoms with van der Waals surface area (Å²) in [6.45, 7) is -2.97. The van der Waals surface area contributed by atoms with Crippen molar-refractivity contribution in [2.24, 2.45) is 0 Å². The largest absolute Gasteiger partial charge is 0.439 e. The topological polar surface area (TPSA) is 60.5 Å². The Hall–Kier alpha value is -3.55. The van der Waals surface area contributed by atoms with Crippen LogP contribution in [0.1, 0.15) is 10.4 Å². The first kappa shape index (κ1) is 18.2. The van der Waals surface area contributed by atoms with Crippen molar-refractivity contribution in [2.45, 2.75) is 6.61 Å². The molecule has 27 heavy (non-hydrogen) atoms. The number of halogens is 3. The van der Waals surface area contributed by atoms with Gasteiger partial charge in [-0.25, -0.2) is 9.37 Å². The molecule has 3 aromatic rings. The summed E-state index contributed by atoms with van der Waals surface area (Å²) in [6.07, 6.45) is 1.37. The number of pyridine rings is 1. The summed E-state index contributed by atoms with van der Waals surface area (Å²) in [6, 6.07) is 14.0. The minimum Gasteiger partial charge on any atom is -0.439 e. The molecule has 5 nitrogen and oxygen atoms in total. The fourth-order valence-corrected chi connectivity index (χ4v) is 2.15. The van der Waals surface area contributed by atoms with E-state index in [1.165, 1.54) is 60.8 Å². The number of aromatic nitrogens is 1. The monoisotopic (exact) mass is 374 g/mol. The van der Waals surface area contributed by atoms with Crippen LogP contribution in [0.15, 0.2) is 66.9 Å². The summed E-state index contributed by atoms with van der Waals surface area (Å²) in [7, 11) is 0. The third kappa shape index (κ3) is 5.21. The zero-order chi connectivity index (χ0) is 19.2. The Morgan fingerprint density at radius 3 is 2.44 bits per heavy atom. The van der Waals surface area contributed by atoms with E-state index in [1.807, 2.05) is 0 Å². The van der Waals surface area contributed by atoms with Crippen LogP contribution in [-0.4, -0.2) is 17.5 Å². The molecular weight excluding hydrogens is 361 g/mol. The maximum Gasteiger partial charge on any atom is 0.387 e. The maximum atomic E-state index is 12.9. The second-order valence-electron chi connectivity index (χ2n) is 5.30. The molecule has 0 spiro atoms. The third-order valence-electron chi connectivity index (χ3n) is 3.35. The fraction of sp³-hybridized carbons (Fsp3) is 0.0526. The lowest BCUT2D eigenvalue weighted by atomic mass is 10.2. The lowest BCUT2D eigenvalue weighted by Crippen LogP contribution is -2.12. The number of hydrogen-bond acceptors (Lipinski definition) is 4. The molecule has 3 rings (SSSR count). The van der Waals surface area contributed by atoms with Crippen molar-refractivity contribution in [1.82, 2.24) is 4.98 Å². The summed E-state index contributed by atoms with van der Waals surface area (Å²) in [4.78, 5) is 16.3. The zero-order valence-corrected chi connectivity index (χ0v) is 13.7. The molecule has 0 unspecified atom stereocenters. The quantitative estimate of drug-likeness (QED) is 0.669. The van der Waals surface area contributed by atoms with E-state index in [0.717, 1.165) is 0 Å². The predicted molar refractivity (Wildman–Crippen MR) is 91.7 cm³/mol. The number of anilines is 1. The molecule has 138 valence electrons. The Labute approximate surface area is 152 Å². The SMILES string of the molecule is O=C(Nc1ccc(Oc2ccc(F)cc2)nc1)c1cccc(OC(F)F)c1. The molecule has 1 heterocycles. The highest BCUT2D eigenvalue weighted by atomic mass is 19.3. The highest BCUT2D eigenvalue weighted by Gasteiger charge is 2.10. The first-order valence-corrected chi connectivity index (χ1v) is 7.75. The van der Waals surface area contributed by atoms with Crippen LogP contribution in [0, 0.1) is 5.82 Å². The van der Waals surface area contributed by atoms with E-state index < -0.39 is 12.5 Å². The summed E-state index contributed by atoms with van der Waals surface area (Å²) < 4.78 is 47.1. The van der Waals surface area contributed by atoms with Gasteiger partial charge in [-0.15, -0.1) is 0 Å². The maximum absolute atomic E-state index is 12.9. The van der Waals surface area contributed by atoms with Gasteiger partial charge in [0.25, 0.3) is 5.91 Å². The summed E-state index contributed by atoms with van der Waals surface area (Å²) in [5.74, 6) is -0.331. The number of benzene rings is 2. The van der Waals surface area contributed by atoms with Crippen molar-refractivity contribution in [3.05, 3.63) is 78.2 Å². The smallest absolute Gasteiger partial charge is 0.387 e. The van der Waals surface area contributed by atoms with Crippen LogP contribution in [-0.2, 0) is 0 Å². The first-order valence-electron chi connectivity index (χ1n) is 7.75. The molecular formula is C19H13F3N2O3. The fourth-order valence-electron chi connectivity index (χ4n) is 2.15. The molecule has 1 amide bonds. The predicted octanol–water partition coefficient (Wildman–Crippen LogP) is 4.87. The minimum atomic E-state index is -2.97. The van der Waals surface area contributed by atoms with Crippen molar-refractivity contribution in [3.63, 3.8) is 0 Å². The molecule has 0 fully saturated rings. The number of nitrogens with zero attached hydrogens (tertiary/aromatic N) is 1. The van der Waals surface area contributed by atoms with Gasteiger partial charge in [0, 0.05) is 11.6 Å². The standard InChI is InChI=1S/C19H13F3N2O3/c20-13-4-7-15(8-5-13)26-17-9-6-14(11-23-17)24-18(25)12-2-1-3-16(10-12)27-19(21)22/h1-11,19H,(H,24,25). The summed E-state index contributed by atoms with van der Waals surface area (Å²) in [5.41, 5.74) is 0.534. The Bertz CT molecular complexity index is 916. The molecule has 0 aliphatic rings. The Balaban J connectivity index is 1.64. The third-order valence-corrected chi connectivity index (χ3v) is 3.35. The van der Waals surface area contributed by atoms with Crippen molar-refractivity contribution >= 4 is 11.6 Å². The number of carbonyl (C=O) groups is 1. The number of rotatable bonds is 6. The Kier molecular flexibility index (Phi) is 5.55. The van der Waals surface area contributed by atoms with Crippen molar-refractivity contribution < 1.29 is 27.4 Å². The van der Waals surface area contributed by atoms with Gasteiger partial charge < -0.3 is 14.8 Å². The molecule has 8 heteroatoms. The minimum absolute atomic E-state index is 0.112. The zero-order valence-electron chi connectivity index (χ0n) is 13.7. The van der Waals surface area contributed by atoms with Gasteiger partial charge >= 0.3 is 6.61 Å². The second-order valence-corrected chi connectivity index (χ2v) is 5.30. The Morgan fingerprint density at radius 2 is 1.78 bits per heavy atom. The van der Waals surface area contributed by atoms with Crippen molar-refractivity contribution in [1.29, 1.82) is 0 Å². The van der Waals surface area contributed by atoms with Crippen LogP contribution in [0.25, 0.3) is 0 Å². The van der Waals surface area contributed by atoms with Gasteiger partial charge in [0.2, 0.25) is 5.88 Å². The molecule has 0 saturated carbocycles.